The van der Waals surface area contributed by atoms with E-state index in [9.17, 15) is 14.4 Å². The molecule has 0 aromatic heterocycles. The first-order valence-electron chi connectivity index (χ1n) is 14.0. The van der Waals surface area contributed by atoms with E-state index in [0.29, 0.717) is 30.0 Å². The van der Waals surface area contributed by atoms with Crippen LogP contribution in [0, 0.1) is 13.8 Å². The number of hydrogen-bond donors (Lipinski definition) is 2. The molecule has 226 valence electrons. The lowest BCUT2D eigenvalue weighted by Gasteiger charge is -2.45. The minimum atomic E-state index is -0.961. The van der Waals surface area contributed by atoms with Gasteiger partial charge in [0.25, 0.3) is 5.91 Å². The van der Waals surface area contributed by atoms with Crippen LogP contribution in [0.4, 0.5) is 10.5 Å². The van der Waals surface area contributed by atoms with E-state index in [1.54, 1.807) is 68.8 Å². The van der Waals surface area contributed by atoms with Crippen LogP contribution in [0.15, 0.2) is 42.5 Å². The summed E-state index contributed by atoms with van der Waals surface area (Å²) in [5.41, 5.74) is 1.79. The number of amides is 3. The van der Waals surface area contributed by atoms with Gasteiger partial charge in [-0.3, -0.25) is 9.59 Å². The average molecular weight is 586 g/mol. The first kappa shape index (κ1) is 34.0. The lowest BCUT2D eigenvalue weighted by atomic mass is 9.89. The van der Waals surface area contributed by atoms with Crippen molar-refractivity contribution in [1.82, 2.24) is 10.2 Å². The quantitative estimate of drug-likeness (QED) is 0.289. The highest BCUT2D eigenvalue weighted by atomic mass is 32.2. The number of anilines is 1. The second kappa shape index (κ2) is 14.6. The van der Waals surface area contributed by atoms with Gasteiger partial charge >= 0.3 is 6.09 Å². The van der Waals surface area contributed by atoms with Crippen molar-refractivity contribution in [3.63, 3.8) is 0 Å². The van der Waals surface area contributed by atoms with Crippen LogP contribution < -0.4 is 15.4 Å². The standard InChI is InChI=1S/C32H47N3O5S/c1-11-32(7,8)35(29(37)26(18-19-41-10)34-30(38)40-31(4,5)6)27(25-17-12-21(2)20-22(25)3)28(36)33-23-13-15-24(39-9)16-14-23/h12-17,20,26-27H,11,18-19H2,1-10H3,(H,33,36)(H,34,38). The smallest absolute Gasteiger partial charge is 0.408 e. The molecule has 0 fully saturated rings. The number of carbonyl (C=O) groups excluding carboxylic acids is 3. The summed E-state index contributed by atoms with van der Waals surface area (Å²) in [6.07, 6.45) is 2.24. The van der Waals surface area contributed by atoms with E-state index in [0.717, 1.165) is 16.7 Å². The molecule has 2 aromatic rings. The number of benzene rings is 2. The Kier molecular flexibility index (Phi) is 12.1. The van der Waals surface area contributed by atoms with Crippen molar-refractivity contribution in [1.29, 1.82) is 0 Å². The summed E-state index contributed by atoms with van der Waals surface area (Å²) in [6.45, 7) is 15.1. The van der Waals surface area contributed by atoms with E-state index in [1.807, 2.05) is 59.1 Å². The van der Waals surface area contributed by atoms with E-state index < -0.39 is 29.3 Å². The van der Waals surface area contributed by atoms with Crippen LogP contribution in [0.3, 0.4) is 0 Å². The number of carbonyl (C=O) groups is 3. The van der Waals surface area contributed by atoms with E-state index in [4.69, 9.17) is 9.47 Å². The van der Waals surface area contributed by atoms with Crippen molar-refractivity contribution in [3.8, 4) is 5.75 Å². The number of methoxy groups -OCH3 is 1. The van der Waals surface area contributed by atoms with Gasteiger partial charge in [-0.2, -0.15) is 11.8 Å². The molecule has 9 heteroatoms. The molecule has 2 aromatic carbocycles. The molecule has 0 bridgehead atoms. The molecule has 8 nitrogen and oxygen atoms in total. The van der Waals surface area contributed by atoms with Crippen molar-refractivity contribution in [2.75, 3.05) is 24.4 Å². The van der Waals surface area contributed by atoms with Gasteiger partial charge in [0.05, 0.1) is 7.11 Å². The zero-order valence-electron chi connectivity index (χ0n) is 26.2. The van der Waals surface area contributed by atoms with Crippen LogP contribution in [0.25, 0.3) is 0 Å². The van der Waals surface area contributed by atoms with Crippen LogP contribution in [-0.2, 0) is 14.3 Å². The summed E-state index contributed by atoms with van der Waals surface area (Å²) in [7, 11) is 1.58. The maximum absolute atomic E-state index is 14.5. The molecule has 41 heavy (non-hydrogen) atoms. The largest absolute Gasteiger partial charge is 0.497 e. The molecule has 0 radical (unpaired) electrons. The summed E-state index contributed by atoms with van der Waals surface area (Å²) < 4.78 is 10.8. The minimum Gasteiger partial charge on any atom is -0.497 e. The van der Waals surface area contributed by atoms with Crippen LogP contribution in [0.2, 0.25) is 0 Å². The lowest BCUT2D eigenvalue weighted by molar-refractivity contribution is -0.147. The molecular weight excluding hydrogens is 538 g/mol. The Morgan fingerprint density at radius 2 is 1.63 bits per heavy atom. The van der Waals surface area contributed by atoms with Gasteiger partial charge in [0.1, 0.15) is 23.4 Å². The summed E-state index contributed by atoms with van der Waals surface area (Å²) in [6, 6.07) is 11.1. The van der Waals surface area contributed by atoms with Crippen LogP contribution in [0.1, 0.15) is 77.1 Å². The molecule has 2 N–H and O–H groups in total. The number of rotatable bonds is 12. The lowest BCUT2D eigenvalue weighted by Crippen LogP contribution is -2.59. The predicted molar refractivity (Wildman–Crippen MR) is 168 cm³/mol. The van der Waals surface area contributed by atoms with Crippen LogP contribution >= 0.6 is 11.8 Å². The molecule has 2 rings (SSSR count). The fourth-order valence-corrected chi connectivity index (χ4v) is 4.94. The monoisotopic (exact) mass is 585 g/mol. The highest BCUT2D eigenvalue weighted by molar-refractivity contribution is 7.98. The second-order valence-electron chi connectivity index (χ2n) is 11.8. The molecule has 0 aliphatic heterocycles. The molecule has 0 spiro atoms. The van der Waals surface area contributed by atoms with E-state index in [1.165, 1.54) is 0 Å². The summed E-state index contributed by atoms with van der Waals surface area (Å²) in [4.78, 5) is 43.2. The second-order valence-corrected chi connectivity index (χ2v) is 12.8. The first-order chi connectivity index (χ1) is 19.1. The molecule has 0 heterocycles. The number of nitrogens with zero attached hydrogens (tertiary/aromatic N) is 1. The predicted octanol–water partition coefficient (Wildman–Crippen LogP) is 6.66. The summed E-state index contributed by atoms with van der Waals surface area (Å²) in [5.74, 6) is 0.617. The molecule has 0 saturated carbocycles. The minimum absolute atomic E-state index is 0.341. The number of alkyl carbamates (subject to hydrolysis) is 1. The zero-order chi connectivity index (χ0) is 31.0. The Morgan fingerprint density at radius 1 is 1.00 bits per heavy atom. The molecule has 3 amide bonds. The maximum atomic E-state index is 14.5. The fraction of sp³-hybridized carbons (Fsp3) is 0.531. The molecule has 0 saturated heterocycles. The van der Waals surface area contributed by atoms with Crippen LogP contribution in [-0.4, -0.2) is 59.1 Å². The third-order valence-corrected chi connectivity index (χ3v) is 7.58. The van der Waals surface area contributed by atoms with E-state index in [-0.39, 0.29) is 11.8 Å². The van der Waals surface area contributed by atoms with Crippen molar-refractivity contribution < 1.29 is 23.9 Å². The first-order valence-corrected chi connectivity index (χ1v) is 15.4. The van der Waals surface area contributed by atoms with Gasteiger partial charge in [-0.05, 0) is 109 Å². The SMILES string of the molecule is CCC(C)(C)N(C(=O)C(CCSC)NC(=O)OC(C)(C)C)C(C(=O)Nc1ccc(OC)cc1)c1ccc(C)cc1C. The number of aryl methyl sites for hydroxylation is 2. The maximum Gasteiger partial charge on any atom is 0.408 e. The Labute approximate surface area is 249 Å². The van der Waals surface area contributed by atoms with E-state index in [2.05, 4.69) is 10.6 Å². The highest BCUT2D eigenvalue weighted by Gasteiger charge is 2.43. The van der Waals surface area contributed by atoms with Crippen molar-refractivity contribution >= 4 is 35.4 Å². The molecule has 0 aliphatic rings. The topological polar surface area (TPSA) is 97.0 Å². The average Bonchev–Trinajstić information content (AvgIpc) is 2.89. The normalized spacial score (nSPS) is 13.1. The van der Waals surface area contributed by atoms with Gasteiger partial charge in [-0.25, -0.2) is 4.79 Å². The summed E-state index contributed by atoms with van der Waals surface area (Å²) >= 11 is 1.58. The molecule has 0 aliphatic carbocycles. The van der Waals surface area contributed by atoms with Crippen molar-refractivity contribution in [2.45, 2.75) is 91.5 Å². The summed E-state index contributed by atoms with van der Waals surface area (Å²) in [5, 5.41) is 5.82. The highest BCUT2D eigenvalue weighted by Crippen LogP contribution is 2.35. The third-order valence-electron chi connectivity index (χ3n) is 6.94. The molecule has 2 unspecified atom stereocenters. The fourth-order valence-electron chi connectivity index (χ4n) is 4.47. The Morgan fingerprint density at radius 3 is 2.15 bits per heavy atom. The third kappa shape index (κ3) is 9.69. The number of nitrogens with one attached hydrogen (secondary N) is 2. The van der Waals surface area contributed by atoms with Gasteiger partial charge in [0.15, 0.2) is 0 Å². The van der Waals surface area contributed by atoms with Gasteiger partial charge in [-0.1, -0.05) is 30.7 Å². The molecular formula is C32H47N3O5S. The van der Waals surface area contributed by atoms with Gasteiger partial charge < -0.3 is 25.0 Å². The Hall–Kier alpha value is -3.20. The Bertz CT molecular complexity index is 1190. The zero-order valence-corrected chi connectivity index (χ0v) is 27.0. The van der Waals surface area contributed by atoms with Crippen LogP contribution in [0.5, 0.6) is 5.75 Å². The number of thioether (sulfide) groups is 1. The molecule has 2 atom stereocenters. The van der Waals surface area contributed by atoms with Gasteiger partial charge in [0, 0.05) is 11.2 Å². The van der Waals surface area contributed by atoms with Crippen molar-refractivity contribution in [3.05, 3.63) is 59.2 Å². The number of hydrogen-bond acceptors (Lipinski definition) is 6. The van der Waals surface area contributed by atoms with Gasteiger partial charge in [-0.15, -0.1) is 0 Å². The van der Waals surface area contributed by atoms with E-state index >= 15 is 0 Å². The Balaban J connectivity index is 2.65. The number of ether oxygens (including phenoxy) is 2. The van der Waals surface area contributed by atoms with Crippen molar-refractivity contribution in [2.24, 2.45) is 0 Å². The van der Waals surface area contributed by atoms with Gasteiger partial charge in [0.2, 0.25) is 5.91 Å².